The van der Waals surface area contributed by atoms with E-state index in [4.69, 9.17) is 5.11 Å². The number of anilines is 1. The van der Waals surface area contributed by atoms with Crippen molar-refractivity contribution in [2.24, 2.45) is 5.92 Å². The average molecular weight is 284 g/mol. The molecular weight excluding hydrogens is 270 g/mol. The molecule has 1 aliphatic rings. The van der Waals surface area contributed by atoms with Crippen LogP contribution < -0.4 is 5.32 Å². The quantitative estimate of drug-likeness (QED) is 0.855. The molecule has 2 rings (SSSR count). The molecule has 0 aliphatic carbocycles. The second kappa shape index (κ2) is 5.96. The van der Waals surface area contributed by atoms with E-state index in [1.807, 2.05) is 0 Å². The fourth-order valence-corrected chi connectivity index (χ4v) is 2.17. The zero-order chi connectivity index (χ0) is 14.7. The number of hydrogen-bond donors (Lipinski definition) is 2. The average Bonchev–Trinajstić information content (AvgIpc) is 2.30. The van der Waals surface area contributed by atoms with Gasteiger partial charge in [-0.25, -0.2) is 8.78 Å². The Bertz CT molecular complexity index is 530. The van der Waals surface area contributed by atoms with E-state index in [9.17, 15) is 18.4 Å². The van der Waals surface area contributed by atoms with Crippen LogP contribution in [0.15, 0.2) is 18.2 Å². The smallest absolute Gasteiger partial charge is 0.303 e. The number of carboxylic acid groups (broad SMARTS) is 1. The zero-order valence-corrected chi connectivity index (χ0v) is 10.6. The molecule has 1 fully saturated rings. The first-order chi connectivity index (χ1) is 9.44. The number of carbonyl (C=O) groups is 2. The molecule has 2 N–H and O–H groups in total. The summed E-state index contributed by atoms with van der Waals surface area (Å²) in [6, 6.07) is 2.82. The SMILES string of the molecule is O=C(O)CC1CN(CC(=O)Nc2cc(F)ccc2F)C1. The van der Waals surface area contributed by atoms with Crippen molar-refractivity contribution in [1.29, 1.82) is 0 Å². The zero-order valence-electron chi connectivity index (χ0n) is 10.6. The number of nitrogens with zero attached hydrogens (tertiary/aromatic N) is 1. The van der Waals surface area contributed by atoms with Gasteiger partial charge in [-0.15, -0.1) is 0 Å². The van der Waals surface area contributed by atoms with E-state index >= 15 is 0 Å². The maximum absolute atomic E-state index is 13.3. The van der Waals surface area contributed by atoms with Crippen LogP contribution in [0.4, 0.5) is 14.5 Å². The lowest BCUT2D eigenvalue weighted by Gasteiger charge is -2.37. The van der Waals surface area contributed by atoms with E-state index < -0.39 is 23.5 Å². The third kappa shape index (κ3) is 3.74. The standard InChI is InChI=1S/C13H14F2N2O3/c14-9-1-2-10(15)11(4-9)16-12(18)7-17-5-8(6-17)3-13(19)20/h1-2,4,8H,3,5-7H2,(H,16,18)(H,19,20). The van der Waals surface area contributed by atoms with E-state index in [0.29, 0.717) is 13.1 Å². The van der Waals surface area contributed by atoms with Crippen molar-refractivity contribution in [2.45, 2.75) is 6.42 Å². The van der Waals surface area contributed by atoms with Crippen LogP contribution in [0, 0.1) is 17.6 Å². The van der Waals surface area contributed by atoms with Crippen molar-refractivity contribution < 1.29 is 23.5 Å². The minimum atomic E-state index is -0.860. The summed E-state index contributed by atoms with van der Waals surface area (Å²) in [6.45, 7) is 1.07. The fourth-order valence-electron chi connectivity index (χ4n) is 2.17. The van der Waals surface area contributed by atoms with Crippen LogP contribution >= 0.6 is 0 Å². The molecule has 0 saturated carbocycles. The van der Waals surface area contributed by atoms with Crippen molar-refractivity contribution in [2.75, 3.05) is 25.0 Å². The summed E-state index contributed by atoms with van der Waals surface area (Å²) < 4.78 is 26.2. The van der Waals surface area contributed by atoms with Crippen molar-refractivity contribution >= 4 is 17.6 Å². The normalized spacial score (nSPS) is 15.7. The summed E-state index contributed by atoms with van der Waals surface area (Å²) in [5.41, 5.74) is -0.197. The Morgan fingerprint density at radius 2 is 2.05 bits per heavy atom. The third-order valence-corrected chi connectivity index (χ3v) is 3.07. The van der Waals surface area contributed by atoms with Crippen molar-refractivity contribution in [1.82, 2.24) is 4.90 Å². The van der Waals surface area contributed by atoms with E-state index in [-0.39, 0.29) is 24.6 Å². The topological polar surface area (TPSA) is 69.6 Å². The molecule has 108 valence electrons. The fraction of sp³-hybridized carbons (Fsp3) is 0.385. The Labute approximate surface area is 114 Å². The van der Waals surface area contributed by atoms with Gasteiger partial charge in [0.05, 0.1) is 18.7 Å². The summed E-state index contributed by atoms with van der Waals surface area (Å²) in [4.78, 5) is 23.9. The lowest BCUT2D eigenvalue weighted by atomic mass is 9.96. The number of aliphatic carboxylic acids is 1. The van der Waals surface area contributed by atoms with Crippen LogP contribution in [0.5, 0.6) is 0 Å². The largest absolute Gasteiger partial charge is 0.481 e. The number of likely N-dealkylation sites (tertiary alicyclic amines) is 1. The molecule has 0 unspecified atom stereocenters. The van der Waals surface area contributed by atoms with E-state index in [1.165, 1.54) is 0 Å². The van der Waals surface area contributed by atoms with Gasteiger partial charge >= 0.3 is 5.97 Å². The number of benzene rings is 1. The highest BCUT2D eigenvalue weighted by atomic mass is 19.1. The Morgan fingerprint density at radius 1 is 1.35 bits per heavy atom. The molecule has 5 nitrogen and oxygen atoms in total. The first-order valence-electron chi connectivity index (χ1n) is 6.13. The van der Waals surface area contributed by atoms with Crippen molar-refractivity contribution in [3.8, 4) is 0 Å². The second-order valence-corrected chi connectivity index (χ2v) is 4.83. The molecule has 7 heteroatoms. The van der Waals surface area contributed by atoms with Crippen LogP contribution in [0.3, 0.4) is 0 Å². The van der Waals surface area contributed by atoms with Gasteiger partial charge in [0.15, 0.2) is 0 Å². The maximum Gasteiger partial charge on any atom is 0.303 e. The van der Waals surface area contributed by atoms with Gasteiger partial charge in [-0.3, -0.25) is 14.5 Å². The number of hydrogen-bond acceptors (Lipinski definition) is 3. The Hall–Kier alpha value is -2.02. The molecule has 1 aliphatic heterocycles. The van der Waals surface area contributed by atoms with Gasteiger partial charge in [0.2, 0.25) is 5.91 Å². The number of halogens is 2. The molecule has 1 aromatic carbocycles. The number of rotatable bonds is 5. The molecule has 20 heavy (non-hydrogen) atoms. The Balaban J connectivity index is 1.79. The van der Waals surface area contributed by atoms with Crippen LogP contribution in [0.2, 0.25) is 0 Å². The first kappa shape index (κ1) is 14.4. The number of carboxylic acids is 1. The van der Waals surface area contributed by atoms with Gasteiger partial charge < -0.3 is 10.4 Å². The van der Waals surface area contributed by atoms with Gasteiger partial charge in [-0.05, 0) is 18.1 Å². The predicted octanol–water partition coefficient (Wildman–Crippen LogP) is 1.31. The summed E-state index contributed by atoms with van der Waals surface area (Å²) >= 11 is 0. The summed E-state index contributed by atoms with van der Waals surface area (Å²) in [7, 11) is 0. The Morgan fingerprint density at radius 3 is 2.70 bits per heavy atom. The molecule has 0 aromatic heterocycles. The molecule has 0 spiro atoms. The molecule has 1 saturated heterocycles. The van der Waals surface area contributed by atoms with Gasteiger partial charge in [0, 0.05) is 19.2 Å². The Kier molecular flexibility index (Phi) is 4.29. The van der Waals surface area contributed by atoms with Gasteiger partial charge in [-0.1, -0.05) is 0 Å². The van der Waals surface area contributed by atoms with Gasteiger partial charge in [0.1, 0.15) is 11.6 Å². The summed E-state index contributed by atoms with van der Waals surface area (Å²) in [6.07, 6.45) is 0.0800. The molecule has 1 amide bonds. The molecule has 1 aromatic rings. The maximum atomic E-state index is 13.3. The van der Waals surface area contributed by atoms with Crippen LogP contribution in [0.1, 0.15) is 6.42 Å². The lowest BCUT2D eigenvalue weighted by Crippen LogP contribution is -2.50. The van der Waals surface area contributed by atoms with Gasteiger partial charge in [-0.2, -0.15) is 0 Å². The minimum absolute atomic E-state index is 0.0338. The summed E-state index contributed by atoms with van der Waals surface area (Å²) in [5, 5.41) is 10.9. The highest BCUT2D eigenvalue weighted by molar-refractivity contribution is 5.92. The van der Waals surface area contributed by atoms with E-state index in [1.54, 1.807) is 4.90 Å². The summed E-state index contributed by atoms with van der Waals surface area (Å²) in [5.74, 6) is -2.60. The first-order valence-corrected chi connectivity index (χ1v) is 6.13. The van der Waals surface area contributed by atoms with Crippen molar-refractivity contribution in [3.63, 3.8) is 0 Å². The number of amides is 1. The van der Waals surface area contributed by atoms with Gasteiger partial charge in [0.25, 0.3) is 0 Å². The van der Waals surface area contributed by atoms with E-state index in [2.05, 4.69) is 5.32 Å². The number of carbonyl (C=O) groups excluding carboxylic acids is 1. The third-order valence-electron chi connectivity index (χ3n) is 3.07. The minimum Gasteiger partial charge on any atom is -0.481 e. The van der Waals surface area contributed by atoms with Crippen LogP contribution in [0.25, 0.3) is 0 Å². The molecule has 0 bridgehead atoms. The van der Waals surface area contributed by atoms with Crippen LogP contribution in [-0.2, 0) is 9.59 Å². The molecule has 1 heterocycles. The lowest BCUT2D eigenvalue weighted by molar-refractivity contribution is -0.139. The highest BCUT2D eigenvalue weighted by Gasteiger charge is 2.29. The van der Waals surface area contributed by atoms with Crippen LogP contribution in [-0.4, -0.2) is 41.5 Å². The second-order valence-electron chi connectivity index (χ2n) is 4.83. The van der Waals surface area contributed by atoms with Crippen molar-refractivity contribution in [3.05, 3.63) is 29.8 Å². The monoisotopic (exact) mass is 284 g/mol. The number of nitrogens with one attached hydrogen (secondary N) is 1. The molecule has 0 atom stereocenters. The predicted molar refractivity (Wildman–Crippen MR) is 67.2 cm³/mol. The molecule has 0 radical (unpaired) electrons. The molecular formula is C13H14F2N2O3. The van der Waals surface area contributed by atoms with E-state index in [0.717, 1.165) is 18.2 Å². The highest BCUT2D eigenvalue weighted by Crippen LogP contribution is 2.19.